The summed E-state index contributed by atoms with van der Waals surface area (Å²) >= 11 is 0. The summed E-state index contributed by atoms with van der Waals surface area (Å²) in [6.07, 6.45) is 0. The average Bonchev–Trinajstić information content (AvgIpc) is 2.84. The Morgan fingerprint density at radius 2 is 1.78 bits per heavy atom. The second-order valence-corrected chi connectivity index (χ2v) is 6.27. The minimum Gasteiger partial charge on any atom is -0.478 e. The molecular weight excluding hydrogens is 288 g/mol. The zero-order chi connectivity index (χ0) is 16.7. The molecule has 0 bridgehead atoms. The molecule has 3 rings (SSSR count). The third kappa shape index (κ3) is 2.72. The fourth-order valence-corrected chi connectivity index (χ4v) is 3.15. The molecular formula is C19H20N2O2. The highest BCUT2D eigenvalue weighted by atomic mass is 16.4. The highest BCUT2D eigenvalue weighted by molar-refractivity contribution is 5.97. The average molecular weight is 308 g/mol. The first kappa shape index (κ1) is 15.3. The third-order valence-electron chi connectivity index (χ3n) is 4.03. The van der Waals surface area contributed by atoms with Crippen LogP contribution in [0, 0.1) is 13.8 Å². The number of hydrogen-bond acceptors (Lipinski definition) is 2. The molecule has 0 saturated carbocycles. The smallest absolute Gasteiger partial charge is 0.335 e. The quantitative estimate of drug-likeness (QED) is 0.739. The van der Waals surface area contributed by atoms with Gasteiger partial charge in [-0.2, -0.15) is 0 Å². The predicted octanol–water partition coefficient (Wildman–Crippen LogP) is 4.67. The molecule has 0 fully saturated rings. The van der Waals surface area contributed by atoms with Crippen LogP contribution in [0.5, 0.6) is 0 Å². The lowest BCUT2D eigenvalue weighted by molar-refractivity contribution is 0.0697. The minimum atomic E-state index is -0.903. The number of aryl methyl sites for hydroxylation is 2. The van der Waals surface area contributed by atoms with Crippen molar-refractivity contribution in [2.45, 2.75) is 33.6 Å². The maximum absolute atomic E-state index is 11.3. The van der Waals surface area contributed by atoms with Crippen LogP contribution in [-0.2, 0) is 0 Å². The second-order valence-electron chi connectivity index (χ2n) is 6.27. The van der Waals surface area contributed by atoms with Crippen LogP contribution in [0.25, 0.3) is 22.2 Å². The fourth-order valence-electron chi connectivity index (χ4n) is 3.15. The number of nitrogens with one attached hydrogen (secondary N) is 1. The van der Waals surface area contributed by atoms with E-state index in [-0.39, 0.29) is 5.92 Å². The van der Waals surface area contributed by atoms with Gasteiger partial charge < -0.3 is 10.1 Å². The number of aromatic amines is 1. The molecule has 0 aliphatic rings. The van der Waals surface area contributed by atoms with Crippen LogP contribution in [0.4, 0.5) is 0 Å². The molecule has 23 heavy (non-hydrogen) atoms. The number of hydrogen-bond donors (Lipinski definition) is 2. The number of carboxylic acid groups (broad SMARTS) is 1. The van der Waals surface area contributed by atoms with E-state index < -0.39 is 5.97 Å². The lowest BCUT2D eigenvalue weighted by Crippen LogP contribution is -1.96. The van der Waals surface area contributed by atoms with Gasteiger partial charge in [-0.3, -0.25) is 4.98 Å². The summed E-state index contributed by atoms with van der Waals surface area (Å²) in [6, 6.07) is 9.35. The Morgan fingerprint density at radius 3 is 2.35 bits per heavy atom. The van der Waals surface area contributed by atoms with Crippen LogP contribution in [0.1, 0.15) is 47.1 Å². The topological polar surface area (TPSA) is 66.0 Å². The van der Waals surface area contributed by atoms with E-state index in [0.717, 1.165) is 39.1 Å². The summed E-state index contributed by atoms with van der Waals surface area (Å²) in [7, 11) is 0. The zero-order valence-electron chi connectivity index (χ0n) is 13.8. The van der Waals surface area contributed by atoms with E-state index in [4.69, 9.17) is 0 Å². The van der Waals surface area contributed by atoms with Crippen LogP contribution in [-0.4, -0.2) is 21.0 Å². The largest absolute Gasteiger partial charge is 0.478 e. The Morgan fingerprint density at radius 1 is 1.13 bits per heavy atom. The first-order chi connectivity index (χ1) is 10.9. The lowest BCUT2D eigenvalue weighted by atomic mass is 9.95. The van der Waals surface area contributed by atoms with Gasteiger partial charge in [0.1, 0.15) is 0 Å². The van der Waals surface area contributed by atoms with Crippen LogP contribution < -0.4 is 0 Å². The van der Waals surface area contributed by atoms with Gasteiger partial charge in [-0.15, -0.1) is 0 Å². The van der Waals surface area contributed by atoms with Crippen molar-refractivity contribution in [1.29, 1.82) is 0 Å². The van der Waals surface area contributed by atoms with E-state index in [9.17, 15) is 9.90 Å². The molecule has 0 aliphatic heterocycles. The normalized spacial score (nSPS) is 11.3. The van der Waals surface area contributed by atoms with Gasteiger partial charge in [-0.25, -0.2) is 4.79 Å². The van der Waals surface area contributed by atoms with Crippen molar-refractivity contribution < 1.29 is 9.90 Å². The van der Waals surface area contributed by atoms with Gasteiger partial charge in [0.15, 0.2) is 0 Å². The molecule has 2 aromatic heterocycles. The van der Waals surface area contributed by atoms with Crippen LogP contribution >= 0.6 is 0 Å². The van der Waals surface area contributed by atoms with E-state index in [2.05, 4.69) is 35.9 Å². The molecule has 2 N–H and O–H groups in total. The molecule has 0 amide bonds. The fraction of sp³-hybridized carbons (Fsp3) is 0.263. The summed E-state index contributed by atoms with van der Waals surface area (Å²) in [5.74, 6) is -0.628. The Hall–Kier alpha value is -2.62. The van der Waals surface area contributed by atoms with Crippen LogP contribution in [0.15, 0.2) is 30.3 Å². The molecule has 118 valence electrons. The first-order valence-electron chi connectivity index (χ1n) is 7.71. The lowest BCUT2D eigenvalue weighted by Gasteiger charge is -2.10. The Kier molecular flexibility index (Phi) is 3.68. The predicted molar refractivity (Wildman–Crippen MR) is 92.1 cm³/mol. The molecule has 0 unspecified atom stereocenters. The van der Waals surface area contributed by atoms with Crippen LogP contribution in [0.3, 0.4) is 0 Å². The van der Waals surface area contributed by atoms with E-state index in [1.165, 1.54) is 0 Å². The van der Waals surface area contributed by atoms with Crippen molar-refractivity contribution in [3.8, 4) is 11.3 Å². The molecule has 4 heteroatoms. The number of aromatic carboxylic acids is 1. The minimum absolute atomic E-state index is 0.275. The second kappa shape index (κ2) is 5.54. The summed E-state index contributed by atoms with van der Waals surface area (Å²) in [5, 5.41) is 10.2. The molecule has 0 atom stereocenters. The summed E-state index contributed by atoms with van der Waals surface area (Å²) < 4.78 is 0. The maximum Gasteiger partial charge on any atom is 0.335 e. The first-order valence-corrected chi connectivity index (χ1v) is 7.71. The standard InChI is InChI=1S/C19H20N2O2/c1-10(2)17-15-9-13(19(22)23)5-6-16(15)21-18(17)14-7-11(3)20-12(4)8-14/h5-10,21H,1-4H3,(H,22,23). The van der Waals surface area contributed by atoms with Gasteiger partial charge in [0.05, 0.1) is 11.3 Å². The zero-order valence-corrected chi connectivity index (χ0v) is 13.8. The summed E-state index contributed by atoms with van der Waals surface area (Å²) in [6.45, 7) is 8.22. The van der Waals surface area contributed by atoms with Crippen molar-refractivity contribution in [2.24, 2.45) is 0 Å². The van der Waals surface area contributed by atoms with E-state index >= 15 is 0 Å². The van der Waals surface area contributed by atoms with Crippen molar-refractivity contribution >= 4 is 16.9 Å². The molecule has 4 nitrogen and oxygen atoms in total. The molecule has 0 radical (unpaired) electrons. The van der Waals surface area contributed by atoms with Gasteiger partial charge in [0.25, 0.3) is 0 Å². The molecule has 3 aromatic rings. The molecule has 0 spiro atoms. The Bertz CT molecular complexity index is 887. The number of benzene rings is 1. The SMILES string of the molecule is Cc1cc(-c2[nH]c3ccc(C(=O)O)cc3c2C(C)C)cc(C)n1. The van der Waals surface area contributed by atoms with Crippen molar-refractivity contribution in [3.63, 3.8) is 0 Å². The highest BCUT2D eigenvalue weighted by Gasteiger charge is 2.18. The van der Waals surface area contributed by atoms with Crippen molar-refractivity contribution in [3.05, 3.63) is 52.8 Å². The van der Waals surface area contributed by atoms with Crippen LogP contribution in [0.2, 0.25) is 0 Å². The number of fused-ring (bicyclic) bond motifs is 1. The van der Waals surface area contributed by atoms with Gasteiger partial charge in [0, 0.05) is 27.9 Å². The van der Waals surface area contributed by atoms with E-state index in [1.807, 2.05) is 19.9 Å². The Balaban J connectivity index is 2.32. The number of carbonyl (C=O) groups is 1. The van der Waals surface area contributed by atoms with Crippen molar-refractivity contribution in [1.82, 2.24) is 9.97 Å². The van der Waals surface area contributed by atoms with E-state index in [1.54, 1.807) is 12.1 Å². The number of rotatable bonds is 3. The number of aromatic nitrogens is 2. The number of carboxylic acids is 1. The van der Waals surface area contributed by atoms with Gasteiger partial charge in [0.2, 0.25) is 0 Å². The molecule has 0 saturated heterocycles. The summed E-state index contributed by atoms with van der Waals surface area (Å²) in [4.78, 5) is 19.2. The molecule has 0 aliphatic carbocycles. The van der Waals surface area contributed by atoms with Gasteiger partial charge in [-0.1, -0.05) is 13.8 Å². The molecule has 1 aromatic carbocycles. The molecule has 2 heterocycles. The van der Waals surface area contributed by atoms with E-state index in [0.29, 0.717) is 5.56 Å². The maximum atomic E-state index is 11.3. The van der Waals surface area contributed by atoms with Gasteiger partial charge in [-0.05, 0) is 55.7 Å². The number of H-pyrrole nitrogens is 1. The Labute approximate surface area is 135 Å². The third-order valence-corrected chi connectivity index (χ3v) is 4.03. The number of pyridine rings is 1. The van der Waals surface area contributed by atoms with Crippen molar-refractivity contribution in [2.75, 3.05) is 0 Å². The van der Waals surface area contributed by atoms with Gasteiger partial charge >= 0.3 is 5.97 Å². The number of nitrogens with zero attached hydrogens (tertiary/aromatic N) is 1. The highest BCUT2D eigenvalue weighted by Crippen LogP contribution is 2.36. The summed E-state index contributed by atoms with van der Waals surface area (Å²) in [5.41, 5.74) is 6.50. The monoisotopic (exact) mass is 308 g/mol.